The zero-order valence-electron chi connectivity index (χ0n) is 12.7. The average Bonchev–Trinajstić information content (AvgIpc) is 2.62. The maximum Gasteiger partial charge on any atom is 0.164 e. The highest BCUT2D eigenvalue weighted by Crippen LogP contribution is 2.40. The van der Waals surface area contributed by atoms with E-state index >= 15 is 0 Å². The van der Waals surface area contributed by atoms with Gasteiger partial charge in [-0.1, -0.05) is 13.8 Å². The van der Waals surface area contributed by atoms with Crippen molar-refractivity contribution in [3.8, 4) is 0 Å². The minimum Gasteiger partial charge on any atom is -0.369 e. The van der Waals surface area contributed by atoms with Crippen molar-refractivity contribution in [3.05, 3.63) is 0 Å². The summed E-state index contributed by atoms with van der Waals surface area (Å²) in [5.41, 5.74) is 0. The molecule has 112 valence electrons. The number of methoxy groups -OCH3 is 1. The first-order valence-electron chi connectivity index (χ1n) is 6.97. The molecule has 0 saturated carbocycles. The van der Waals surface area contributed by atoms with Crippen LogP contribution in [0.4, 0.5) is 0 Å². The van der Waals surface area contributed by atoms with E-state index in [1.54, 1.807) is 7.11 Å². The molecule has 0 aromatic carbocycles. The van der Waals surface area contributed by atoms with Crippen LogP contribution in [-0.4, -0.2) is 50.2 Å². The van der Waals surface area contributed by atoms with E-state index in [2.05, 4.69) is 13.8 Å². The van der Waals surface area contributed by atoms with Crippen LogP contribution < -0.4 is 0 Å². The topological polar surface area (TPSA) is 46.2 Å². The van der Waals surface area contributed by atoms with Gasteiger partial charge in [0, 0.05) is 7.11 Å². The molecule has 0 amide bonds. The Morgan fingerprint density at radius 2 is 1.79 bits per heavy atom. The molecule has 5 nitrogen and oxygen atoms in total. The summed E-state index contributed by atoms with van der Waals surface area (Å²) < 4.78 is 28.8. The molecule has 2 saturated heterocycles. The Morgan fingerprint density at radius 3 is 2.37 bits per heavy atom. The van der Waals surface area contributed by atoms with Crippen LogP contribution in [0.1, 0.15) is 34.6 Å². The van der Waals surface area contributed by atoms with Gasteiger partial charge in [0.15, 0.2) is 5.79 Å². The van der Waals surface area contributed by atoms with Gasteiger partial charge in [-0.3, -0.25) is 0 Å². The molecular weight excluding hydrogens is 248 g/mol. The Morgan fingerprint density at radius 1 is 1.16 bits per heavy atom. The minimum absolute atomic E-state index is 0.0316. The molecule has 2 aliphatic heterocycles. The maximum atomic E-state index is 6.08. The molecular formula is C14H26O5. The second-order valence-corrected chi connectivity index (χ2v) is 6.15. The zero-order valence-corrected chi connectivity index (χ0v) is 12.7. The fourth-order valence-electron chi connectivity index (χ4n) is 2.91. The maximum absolute atomic E-state index is 6.08. The number of fused-ring (bicyclic) bond motifs is 1. The van der Waals surface area contributed by atoms with E-state index < -0.39 is 5.79 Å². The van der Waals surface area contributed by atoms with Crippen molar-refractivity contribution in [2.75, 3.05) is 13.9 Å². The average molecular weight is 274 g/mol. The predicted molar refractivity (Wildman–Crippen MR) is 69.7 cm³/mol. The van der Waals surface area contributed by atoms with Crippen LogP contribution in [0.5, 0.6) is 0 Å². The summed E-state index contributed by atoms with van der Waals surface area (Å²) in [6.07, 6.45) is -0.374. The summed E-state index contributed by atoms with van der Waals surface area (Å²) in [7, 11) is 1.61. The lowest BCUT2D eigenvalue weighted by Crippen LogP contribution is -2.57. The lowest BCUT2D eigenvalue weighted by Gasteiger charge is -2.42. The van der Waals surface area contributed by atoms with Gasteiger partial charge >= 0.3 is 0 Å². The normalized spacial score (nSPS) is 41.5. The van der Waals surface area contributed by atoms with Crippen molar-refractivity contribution in [2.45, 2.75) is 70.9 Å². The smallest absolute Gasteiger partial charge is 0.164 e. The SMILES string of the molecule is COCO[C@@H]1[C@H]2OC(C)(C)O[C@H]2C(C(C)C)O[C@H]1C. The van der Waals surface area contributed by atoms with Gasteiger partial charge in [-0.25, -0.2) is 0 Å². The van der Waals surface area contributed by atoms with Gasteiger partial charge in [0.25, 0.3) is 0 Å². The van der Waals surface area contributed by atoms with Gasteiger partial charge in [-0.15, -0.1) is 0 Å². The molecule has 0 aromatic heterocycles. The molecule has 2 heterocycles. The lowest BCUT2D eigenvalue weighted by molar-refractivity contribution is -0.226. The molecule has 0 radical (unpaired) electrons. The summed E-state index contributed by atoms with van der Waals surface area (Å²) in [5.74, 6) is -0.222. The number of rotatable bonds is 4. The van der Waals surface area contributed by atoms with Crippen LogP contribution in [-0.2, 0) is 23.7 Å². The fraction of sp³-hybridized carbons (Fsp3) is 1.00. The third-order valence-electron chi connectivity index (χ3n) is 3.68. The molecule has 5 atom stereocenters. The van der Waals surface area contributed by atoms with Gasteiger partial charge in [-0.2, -0.15) is 0 Å². The Kier molecular flexibility index (Phi) is 4.52. The number of ether oxygens (including phenoxy) is 5. The second kappa shape index (κ2) is 5.66. The molecule has 1 unspecified atom stereocenters. The van der Waals surface area contributed by atoms with Crippen LogP contribution >= 0.6 is 0 Å². The summed E-state index contributed by atoms with van der Waals surface area (Å²) >= 11 is 0. The fourth-order valence-corrected chi connectivity index (χ4v) is 2.91. The molecule has 0 aliphatic carbocycles. The molecule has 2 fully saturated rings. The quantitative estimate of drug-likeness (QED) is 0.733. The molecule has 2 rings (SSSR count). The molecule has 0 bridgehead atoms. The van der Waals surface area contributed by atoms with Crippen LogP contribution in [0.15, 0.2) is 0 Å². The third-order valence-corrected chi connectivity index (χ3v) is 3.68. The van der Waals surface area contributed by atoms with E-state index in [9.17, 15) is 0 Å². The Balaban J connectivity index is 2.17. The van der Waals surface area contributed by atoms with Gasteiger partial charge in [0.2, 0.25) is 0 Å². The van der Waals surface area contributed by atoms with Gasteiger partial charge in [-0.05, 0) is 26.7 Å². The van der Waals surface area contributed by atoms with Crippen molar-refractivity contribution in [2.24, 2.45) is 5.92 Å². The van der Waals surface area contributed by atoms with Crippen molar-refractivity contribution in [1.29, 1.82) is 0 Å². The molecule has 2 aliphatic rings. The lowest BCUT2D eigenvalue weighted by atomic mass is 9.90. The molecule has 0 aromatic rings. The highest BCUT2D eigenvalue weighted by atomic mass is 16.8. The van der Waals surface area contributed by atoms with Crippen LogP contribution in [0.25, 0.3) is 0 Å². The van der Waals surface area contributed by atoms with Gasteiger partial charge in [0.1, 0.15) is 25.1 Å². The number of hydrogen-bond donors (Lipinski definition) is 0. The highest BCUT2D eigenvalue weighted by Gasteiger charge is 2.55. The summed E-state index contributed by atoms with van der Waals surface area (Å²) in [4.78, 5) is 0. The molecule has 5 heteroatoms. The Bertz CT molecular complexity index is 304. The van der Waals surface area contributed by atoms with Crippen molar-refractivity contribution >= 4 is 0 Å². The van der Waals surface area contributed by atoms with E-state index in [4.69, 9.17) is 23.7 Å². The van der Waals surface area contributed by atoms with E-state index in [0.29, 0.717) is 5.92 Å². The van der Waals surface area contributed by atoms with E-state index in [-0.39, 0.29) is 37.3 Å². The molecule has 19 heavy (non-hydrogen) atoms. The van der Waals surface area contributed by atoms with Crippen molar-refractivity contribution in [1.82, 2.24) is 0 Å². The second-order valence-electron chi connectivity index (χ2n) is 6.15. The van der Waals surface area contributed by atoms with Crippen LogP contribution in [0, 0.1) is 5.92 Å². The Hall–Kier alpha value is -0.200. The standard InChI is InChI=1S/C14H26O5/c1-8(2)10-12-13(19-14(4,5)18-12)11(9(3)17-10)16-7-15-6/h8-13H,7H2,1-6H3/t9-,10?,11-,12-,13+/m0/s1. The summed E-state index contributed by atoms with van der Waals surface area (Å²) in [6, 6.07) is 0. The minimum atomic E-state index is -0.593. The first-order chi connectivity index (χ1) is 8.85. The van der Waals surface area contributed by atoms with Gasteiger partial charge in [0.05, 0.1) is 12.2 Å². The van der Waals surface area contributed by atoms with E-state index in [0.717, 1.165) is 0 Å². The van der Waals surface area contributed by atoms with E-state index in [1.807, 2.05) is 20.8 Å². The predicted octanol–water partition coefficient (Wildman–Crippen LogP) is 1.94. The molecule has 0 N–H and O–H groups in total. The van der Waals surface area contributed by atoms with Crippen LogP contribution in [0.2, 0.25) is 0 Å². The summed E-state index contributed by atoms with van der Waals surface area (Å²) in [6.45, 7) is 10.4. The monoisotopic (exact) mass is 274 g/mol. The van der Waals surface area contributed by atoms with Gasteiger partial charge < -0.3 is 23.7 Å². The first kappa shape index (κ1) is 15.2. The Labute approximate surface area is 115 Å². The highest BCUT2D eigenvalue weighted by molar-refractivity contribution is 4.99. The van der Waals surface area contributed by atoms with E-state index in [1.165, 1.54) is 0 Å². The summed E-state index contributed by atoms with van der Waals surface area (Å²) in [5, 5.41) is 0. The molecule has 0 spiro atoms. The van der Waals surface area contributed by atoms with Crippen molar-refractivity contribution in [3.63, 3.8) is 0 Å². The zero-order chi connectivity index (χ0) is 14.2. The number of hydrogen-bond acceptors (Lipinski definition) is 5. The largest absolute Gasteiger partial charge is 0.369 e. The first-order valence-corrected chi connectivity index (χ1v) is 6.97. The van der Waals surface area contributed by atoms with Crippen LogP contribution in [0.3, 0.4) is 0 Å². The third kappa shape index (κ3) is 3.11. The van der Waals surface area contributed by atoms with Crippen molar-refractivity contribution < 1.29 is 23.7 Å².